The number of ether oxygens (including phenoxy) is 2. The van der Waals surface area contributed by atoms with Crippen LogP contribution in [0.15, 0.2) is 24.3 Å². The van der Waals surface area contributed by atoms with Gasteiger partial charge in [0, 0.05) is 19.7 Å². The van der Waals surface area contributed by atoms with Crippen molar-refractivity contribution in [3.8, 4) is 5.75 Å². The number of rotatable bonds is 7. The molecule has 1 heterocycles. The van der Waals surface area contributed by atoms with Gasteiger partial charge in [-0.2, -0.15) is 0 Å². The number of benzene rings is 1. The summed E-state index contributed by atoms with van der Waals surface area (Å²) in [4.78, 5) is 15.2. The largest absolute Gasteiger partial charge is 0.497 e. The van der Waals surface area contributed by atoms with Crippen molar-refractivity contribution in [2.75, 3.05) is 33.4 Å². The van der Waals surface area contributed by atoms with E-state index >= 15 is 0 Å². The third kappa shape index (κ3) is 4.73. The highest BCUT2D eigenvalue weighted by molar-refractivity contribution is 5.84. The van der Waals surface area contributed by atoms with Gasteiger partial charge in [0.05, 0.1) is 19.6 Å². The summed E-state index contributed by atoms with van der Waals surface area (Å²) in [7, 11) is 1.66. The van der Waals surface area contributed by atoms with Crippen molar-refractivity contribution < 1.29 is 14.3 Å². The molecule has 0 saturated carbocycles. The lowest BCUT2D eigenvalue weighted by molar-refractivity contribution is -0.136. The number of methoxy groups -OCH3 is 1. The predicted octanol–water partition coefficient (Wildman–Crippen LogP) is 3.71. The fourth-order valence-electron chi connectivity index (χ4n) is 3.51. The lowest BCUT2D eigenvalue weighted by Gasteiger charge is -2.36. The van der Waals surface area contributed by atoms with Crippen LogP contribution in [0.2, 0.25) is 0 Å². The lowest BCUT2D eigenvalue weighted by atomic mass is 9.86. The minimum absolute atomic E-state index is 0.0956. The van der Waals surface area contributed by atoms with E-state index in [1.54, 1.807) is 7.11 Å². The van der Waals surface area contributed by atoms with Gasteiger partial charge in [-0.3, -0.25) is 4.79 Å². The van der Waals surface area contributed by atoms with Crippen LogP contribution in [0, 0.1) is 11.8 Å². The van der Waals surface area contributed by atoms with Crippen molar-refractivity contribution in [1.29, 1.82) is 0 Å². The summed E-state index contributed by atoms with van der Waals surface area (Å²) in [5, 5.41) is 0. The molecule has 1 saturated heterocycles. The summed E-state index contributed by atoms with van der Waals surface area (Å²) >= 11 is 0. The standard InChI is InChI=1S/C20H31NO3/c1-5-24-14-16-7-6-12-21(13-16)20(22)19(15(2)3)17-8-10-18(23-4)11-9-17/h8-11,15-16,19H,5-7,12-14H2,1-4H3. The van der Waals surface area contributed by atoms with Crippen LogP contribution in [0.25, 0.3) is 0 Å². The van der Waals surface area contributed by atoms with E-state index in [2.05, 4.69) is 13.8 Å². The summed E-state index contributed by atoms with van der Waals surface area (Å²) in [6, 6.07) is 7.91. The average Bonchev–Trinajstić information content (AvgIpc) is 2.60. The van der Waals surface area contributed by atoms with Gasteiger partial charge in [0.25, 0.3) is 0 Å². The van der Waals surface area contributed by atoms with Crippen LogP contribution in [-0.4, -0.2) is 44.2 Å². The molecule has 4 nitrogen and oxygen atoms in total. The Morgan fingerprint density at radius 3 is 2.58 bits per heavy atom. The molecule has 0 aliphatic carbocycles. The molecule has 2 atom stereocenters. The smallest absolute Gasteiger partial charge is 0.230 e. The first-order valence-electron chi connectivity index (χ1n) is 9.07. The van der Waals surface area contributed by atoms with Gasteiger partial charge in [0.2, 0.25) is 5.91 Å². The minimum Gasteiger partial charge on any atom is -0.497 e. The van der Waals surface area contributed by atoms with Crippen LogP contribution in [0.3, 0.4) is 0 Å². The molecule has 4 heteroatoms. The van der Waals surface area contributed by atoms with E-state index in [9.17, 15) is 4.79 Å². The Bertz CT molecular complexity index is 512. The van der Waals surface area contributed by atoms with Crippen molar-refractivity contribution in [3.05, 3.63) is 29.8 Å². The molecule has 1 fully saturated rings. The molecule has 1 aromatic carbocycles. The van der Waals surface area contributed by atoms with Gasteiger partial charge < -0.3 is 14.4 Å². The first kappa shape index (κ1) is 18.8. The Morgan fingerprint density at radius 2 is 2.00 bits per heavy atom. The Kier molecular flexibility index (Phi) is 7.10. The van der Waals surface area contributed by atoms with Gasteiger partial charge in [0.1, 0.15) is 5.75 Å². The maximum atomic E-state index is 13.2. The predicted molar refractivity (Wildman–Crippen MR) is 96.4 cm³/mol. The van der Waals surface area contributed by atoms with Crippen molar-refractivity contribution >= 4 is 5.91 Å². The number of hydrogen-bond acceptors (Lipinski definition) is 3. The number of carbonyl (C=O) groups excluding carboxylic acids is 1. The first-order chi connectivity index (χ1) is 11.6. The first-order valence-corrected chi connectivity index (χ1v) is 9.07. The van der Waals surface area contributed by atoms with E-state index in [4.69, 9.17) is 9.47 Å². The highest BCUT2D eigenvalue weighted by Gasteiger charge is 2.31. The topological polar surface area (TPSA) is 38.8 Å². The van der Waals surface area contributed by atoms with Crippen LogP contribution in [0.5, 0.6) is 5.75 Å². The van der Waals surface area contributed by atoms with E-state index in [-0.39, 0.29) is 17.7 Å². The molecule has 1 aromatic rings. The number of carbonyl (C=O) groups is 1. The fraction of sp³-hybridized carbons (Fsp3) is 0.650. The normalized spacial score (nSPS) is 19.4. The minimum atomic E-state index is -0.0956. The van der Waals surface area contributed by atoms with Gasteiger partial charge in [-0.05, 0) is 49.3 Å². The van der Waals surface area contributed by atoms with Gasteiger partial charge in [-0.1, -0.05) is 26.0 Å². The molecule has 2 unspecified atom stereocenters. The van der Waals surface area contributed by atoms with Gasteiger partial charge in [-0.15, -0.1) is 0 Å². The fourth-order valence-corrected chi connectivity index (χ4v) is 3.51. The molecule has 0 aromatic heterocycles. The lowest BCUT2D eigenvalue weighted by Crippen LogP contribution is -2.44. The number of piperidine rings is 1. The molecule has 2 rings (SSSR count). The van der Waals surface area contributed by atoms with E-state index in [0.29, 0.717) is 5.92 Å². The maximum absolute atomic E-state index is 13.2. The SMILES string of the molecule is CCOCC1CCCN(C(=O)C(c2ccc(OC)cc2)C(C)C)C1. The Hall–Kier alpha value is -1.55. The average molecular weight is 333 g/mol. The Morgan fingerprint density at radius 1 is 1.29 bits per heavy atom. The third-order valence-corrected chi connectivity index (χ3v) is 4.80. The van der Waals surface area contributed by atoms with Crippen LogP contribution < -0.4 is 4.74 Å². The molecular formula is C20H31NO3. The van der Waals surface area contributed by atoms with E-state index in [1.165, 1.54) is 0 Å². The van der Waals surface area contributed by atoms with Crippen LogP contribution in [0.4, 0.5) is 0 Å². The second kappa shape index (κ2) is 9.07. The number of likely N-dealkylation sites (tertiary alicyclic amines) is 1. The van der Waals surface area contributed by atoms with Gasteiger partial charge >= 0.3 is 0 Å². The number of hydrogen-bond donors (Lipinski definition) is 0. The highest BCUT2D eigenvalue weighted by atomic mass is 16.5. The molecular weight excluding hydrogens is 302 g/mol. The molecule has 0 bridgehead atoms. The number of nitrogens with zero attached hydrogens (tertiary/aromatic N) is 1. The molecule has 1 aliphatic rings. The quantitative estimate of drug-likeness (QED) is 0.763. The summed E-state index contributed by atoms with van der Waals surface area (Å²) in [5.41, 5.74) is 1.07. The van der Waals surface area contributed by atoms with Crippen molar-refractivity contribution in [2.24, 2.45) is 11.8 Å². The molecule has 24 heavy (non-hydrogen) atoms. The maximum Gasteiger partial charge on any atom is 0.230 e. The van der Waals surface area contributed by atoms with Crippen LogP contribution in [0.1, 0.15) is 45.1 Å². The molecule has 0 spiro atoms. The highest BCUT2D eigenvalue weighted by Crippen LogP contribution is 2.30. The third-order valence-electron chi connectivity index (χ3n) is 4.80. The van der Waals surface area contributed by atoms with E-state index < -0.39 is 0 Å². The van der Waals surface area contributed by atoms with Crippen LogP contribution >= 0.6 is 0 Å². The zero-order valence-electron chi connectivity index (χ0n) is 15.5. The van der Waals surface area contributed by atoms with Crippen molar-refractivity contribution in [3.63, 3.8) is 0 Å². The van der Waals surface area contributed by atoms with Crippen molar-refractivity contribution in [1.82, 2.24) is 4.90 Å². The van der Waals surface area contributed by atoms with Gasteiger partial charge in [-0.25, -0.2) is 0 Å². The summed E-state index contributed by atoms with van der Waals surface area (Å²) in [5.74, 6) is 1.70. The molecule has 0 N–H and O–H groups in total. The van der Waals surface area contributed by atoms with Crippen molar-refractivity contribution in [2.45, 2.75) is 39.5 Å². The number of amides is 1. The zero-order valence-corrected chi connectivity index (χ0v) is 15.5. The van der Waals surface area contributed by atoms with Crippen LogP contribution in [-0.2, 0) is 9.53 Å². The van der Waals surface area contributed by atoms with Gasteiger partial charge in [0.15, 0.2) is 0 Å². The second-order valence-electron chi connectivity index (χ2n) is 6.95. The Balaban J connectivity index is 2.10. The van der Waals surface area contributed by atoms with E-state index in [0.717, 1.165) is 50.5 Å². The zero-order chi connectivity index (χ0) is 17.5. The molecule has 134 valence electrons. The molecule has 1 amide bonds. The second-order valence-corrected chi connectivity index (χ2v) is 6.95. The summed E-state index contributed by atoms with van der Waals surface area (Å²) in [6.45, 7) is 9.44. The monoisotopic (exact) mass is 333 g/mol. The van der Waals surface area contributed by atoms with E-state index in [1.807, 2.05) is 36.1 Å². The summed E-state index contributed by atoms with van der Waals surface area (Å²) < 4.78 is 10.8. The summed E-state index contributed by atoms with van der Waals surface area (Å²) in [6.07, 6.45) is 2.22. The molecule has 1 aliphatic heterocycles. The Labute approximate surface area is 146 Å². The molecule has 0 radical (unpaired) electrons.